The molecule has 0 aliphatic heterocycles. The summed E-state index contributed by atoms with van der Waals surface area (Å²) < 4.78 is 5.22. The molecule has 4 heteroatoms. The summed E-state index contributed by atoms with van der Waals surface area (Å²) in [6, 6.07) is 7.76. The zero-order valence-corrected chi connectivity index (χ0v) is 9.17. The number of anilines is 1. The van der Waals surface area contributed by atoms with Gasteiger partial charge in [-0.25, -0.2) is 0 Å². The highest BCUT2D eigenvalue weighted by Crippen LogP contribution is 2.25. The molecule has 0 saturated carbocycles. The Morgan fingerprint density at radius 2 is 2.14 bits per heavy atom. The normalized spacial score (nSPS) is 9.57. The largest absolute Gasteiger partial charge is 0.495 e. The second-order valence-corrected chi connectivity index (χ2v) is 3.52. The van der Waals surface area contributed by atoms with Gasteiger partial charge in [0.25, 0.3) is 0 Å². The van der Waals surface area contributed by atoms with Crippen LogP contribution in [0.15, 0.2) is 24.3 Å². The van der Waals surface area contributed by atoms with Crippen molar-refractivity contribution >= 4 is 22.9 Å². The molecule has 0 aliphatic carbocycles. The van der Waals surface area contributed by atoms with Crippen LogP contribution in [0.1, 0.15) is 0 Å². The second-order valence-electron chi connectivity index (χ2n) is 2.99. The molecule has 0 amide bonds. The van der Waals surface area contributed by atoms with E-state index in [-0.39, 0.29) is 0 Å². The number of rotatable bonds is 4. The molecule has 0 saturated heterocycles. The molecule has 14 heavy (non-hydrogen) atoms. The number of para-hydroxylation sites is 2. The Labute approximate surface area is 89.5 Å². The number of ether oxygens (including phenoxy) is 1. The van der Waals surface area contributed by atoms with Crippen LogP contribution in [0.25, 0.3) is 0 Å². The summed E-state index contributed by atoms with van der Waals surface area (Å²) in [5, 5.41) is 0. The lowest BCUT2D eigenvalue weighted by atomic mass is 10.2. The van der Waals surface area contributed by atoms with Crippen LogP contribution in [0.5, 0.6) is 5.75 Å². The molecule has 0 bridgehead atoms. The SMILES string of the molecule is COc1ccccc1N(C)CC(N)=S. The van der Waals surface area contributed by atoms with E-state index in [1.54, 1.807) is 7.11 Å². The van der Waals surface area contributed by atoms with E-state index in [4.69, 9.17) is 22.7 Å². The van der Waals surface area contributed by atoms with Crippen molar-refractivity contribution in [2.75, 3.05) is 25.6 Å². The summed E-state index contributed by atoms with van der Waals surface area (Å²) in [6.07, 6.45) is 0. The summed E-state index contributed by atoms with van der Waals surface area (Å²) >= 11 is 4.85. The monoisotopic (exact) mass is 210 g/mol. The van der Waals surface area contributed by atoms with Crippen LogP contribution in [0.2, 0.25) is 0 Å². The third-order valence-electron chi connectivity index (χ3n) is 1.89. The summed E-state index contributed by atoms with van der Waals surface area (Å²) in [6.45, 7) is 0.551. The number of likely N-dealkylation sites (N-methyl/N-ethyl adjacent to an activating group) is 1. The molecule has 1 aromatic rings. The Hall–Kier alpha value is -1.29. The highest BCUT2D eigenvalue weighted by Gasteiger charge is 2.07. The molecular formula is C10H14N2OS. The average Bonchev–Trinajstić information content (AvgIpc) is 2.16. The van der Waals surface area contributed by atoms with Gasteiger partial charge in [-0.1, -0.05) is 24.4 Å². The number of thiocarbonyl (C=S) groups is 1. The molecule has 0 atom stereocenters. The standard InChI is InChI=1S/C10H14N2OS/c1-12(7-10(11)14)8-5-3-4-6-9(8)13-2/h3-6H,7H2,1-2H3,(H2,11,14). The first-order valence-electron chi connectivity index (χ1n) is 4.27. The first-order chi connectivity index (χ1) is 6.65. The van der Waals surface area contributed by atoms with Crippen molar-refractivity contribution in [1.29, 1.82) is 0 Å². The van der Waals surface area contributed by atoms with E-state index in [9.17, 15) is 0 Å². The Morgan fingerprint density at radius 3 is 2.71 bits per heavy atom. The average molecular weight is 210 g/mol. The van der Waals surface area contributed by atoms with Crippen LogP contribution < -0.4 is 15.4 Å². The zero-order valence-electron chi connectivity index (χ0n) is 8.36. The lowest BCUT2D eigenvalue weighted by Crippen LogP contribution is -2.29. The van der Waals surface area contributed by atoms with E-state index in [0.29, 0.717) is 11.5 Å². The molecule has 0 unspecified atom stereocenters. The maximum absolute atomic E-state index is 5.47. The van der Waals surface area contributed by atoms with E-state index in [1.165, 1.54) is 0 Å². The van der Waals surface area contributed by atoms with Crippen molar-refractivity contribution in [3.8, 4) is 5.75 Å². The van der Waals surface area contributed by atoms with E-state index in [1.807, 2.05) is 36.2 Å². The minimum absolute atomic E-state index is 0.471. The van der Waals surface area contributed by atoms with Gasteiger partial charge >= 0.3 is 0 Å². The van der Waals surface area contributed by atoms with Gasteiger partial charge in [-0.15, -0.1) is 0 Å². The fourth-order valence-corrected chi connectivity index (χ4v) is 1.46. The Bertz CT molecular complexity index is 328. The van der Waals surface area contributed by atoms with Crippen molar-refractivity contribution < 1.29 is 4.74 Å². The predicted molar refractivity (Wildman–Crippen MR) is 63.0 cm³/mol. The number of hydrogen-bond acceptors (Lipinski definition) is 3. The van der Waals surface area contributed by atoms with Gasteiger partial charge in [0.1, 0.15) is 5.75 Å². The van der Waals surface area contributed by atoms with Crippen LogP contribution in [0.3, 0.4) is 0 Å². The highest BCUT2D eigenvalue weighted by atomic mass is 32.1. The number of benzene rings is 1. The summed E-state index contributed by atoms with van der Waals surface area (Å²) in [5.41, 5.74) is 6.46. The van der Waals surface area contributed by atoms with E-state index >= 15 is 0 Å². The third-order valence-corrected chi connectivity index (χ3v) is 2.02. The molecule has 1 rings (SSSR count). The van der Waals surface area contributed by atoms with E-state index < -0.39 is 0 Å². The molecule has 76 valence electrons. The van der Waals surface area contributed by atoms with Gasteiger partial charge in [0.05, 0.1) is 24.3 Å². The smallest absolute Gasteiger partial charge is 0.142 e. The summed E-state index contributed by atoms with van der Waals surface area (Å²) in [5.74, 6) is 0.825. The fourth-order valence-electron chi connectivity index (χ4n) is 1.26. The van der Waals surface area contributed by atoms with Gasteiger partial charge in [0, 0.05) is 7.05 Å². The van der Waals surface area contributed by atoms with Gasteiger partial charge in [-0.2, -0.15) is 0 Å². The van der Waals surface area contributed by atoms with Crippen LogP contribution in [-0.4, -0.2) is 25.7 Å². The van der Waals surface area contributed by atoms with E-state index in [2.05, 4.69) is 0 Å². The van der Waals surface area contributed by atoms with Crippen LogP contribution in [0, 0.1) is 0 Å². The molecular weight excluding hydrogens is 196 g/mol. The minimum atomic E-state index is 0.471. The van der Waals surface area contributed by atoms with Gasteiger partial charge in [-0.05, 0) is 12.1 Å². The zero-order chi connectivity index (χ0) is 10.6. The highest BCUT2D eigenvalue weighted by molar-refractivity contribution is 7.80. The Kier molecular flexibility index (Phi) is 3.71. The van der Waals surface area contributed by atoms with E-state index in [0.717, 1.165) is 11.4 Å². The lowest BCUT2D eigenvalue weighted by Gasteiger charge is -2.20. The predicted octanol–water partition coefficient (Wildman–Crippen LogP) is 1.42. The molecule has 2 N–H and O–H groups in total. The van der Waals surface area contributed by atoms with Crippen LogP contribution in [0.4, 0.5) is 5.69 Å². The topological polar surface area (TPSA) is 38.5 Å². The van der Waals surface area contributed by atoms with Crippen LogP contribution in [-0.2, 0) is 0 Å². The van der Waals surface area contributed by atoms with Gasteiger partial charge in [0.15, 0.2) is 0 Å². The maximum Gasteiger partial charge on any atom is 0.142 e. The van der Waals surface area contributed by atoms with Crippen molar-refractivity contribution in [2.45, 2.75) is 0 Å². The molecule has 3 nitrogen and oxygen atoms in total. The van der Waals surface area contributed by atoms with Crippen molar-refractivity contribution in [1.82, 2.24) is 0 Å². The van der Waals surface area contributed by atoms with Crippen molar-refractivity contribution in [3.05, 3.63) is 24.3 Å². The maximum atomic E-state index is 5.47. The van der Waals surface area contributed by atoms with Crippen molar-refractivity contribution in [2.24, 2.45) is 5.73 Å². The Balaban J connectivity index is 2.87. The fraction of sp³-hybridized carbons (Fsp3) is 0.300. The number of hydrogen-bond donors (Lipinski definition) is 1. The summed E-state index contributed by atoms with van der Waals surface area (Å²) in [4.78, 5) is 2.43. The summed E-state index contributed by atoms with van der Waals surface area (Å²) in [7, 11) is 3.57. The van der Waals surface area contributed by atoms with Gasteiger partial charge in [-0.3, -0.25) is 0 Å². The minimum Gasteiger partial charge on any atom is -0.495 e. The molecule has 0 aromatic heterocycles. The molecule has 0 heterocycles. The second kappa shape index (κ2) is 4.81. The van der Waals surface area contributed by atoms with Crippen molar-refractivity contribution in [3.63, 3.8) is 0 Å². The first kappa shape index (κ1) is 10.8. The number of methoxy groups -OCH3 is 1. The number of nitrogens with zero attached hydrogens (tertiary/aromatic N) is 1. The molecule has 0 aliphatic rings. The van der Waals surface area contributed by atoms with Crippen LogP contribution >= 0.6 is 12.2 Å². The van der Waals surface area contributed by atoms with Gasteiger partial charge in [0.2, 0.25) is 0 Å². The molecule has 0 fully saturated rings. The Morgan fingerprint density at radius 1 is 1.50 bits per heavy atom. The third kappa shape index (κ3) is 2.60. The quantitative estimate of drug-likeness (QED) is 0.763. The molecule has 0 radical (unpaired) electrons. The molecule has 0 spiro atoms. The molecule has 1 aromatic carbocycles. The lowest BCUT2D eigenvalue weighted by molar-refractivity contribution is 0.415. The first-order valence-corrected chi connectivity index (χ1v) is 4.68. The number of nitrogens with two attached hydrogens (primary N) is 1. The van der Waals surface area contributed by atoms with Gasteiger partial charge < -0.3 is 15.4 Å².